The standard InChI is InChI=1S/C20H26N6O/c1-2-7-16(8-3-1)23-20(21-12-11-17-9-6-14-27-17)22-15-19-25-24-18-10-4-5-13-26(18)19/h4-6,9-10,13-14,16H,1-3,7-8,11-12,15H2,(H2,21,22,23). The molecule has 0 atom stereocenters. The number of rotatable bonds is 6. The number of fused-ring (bicyclic) bond motifs is 1. The molecular weight excluding hydrogens is 340 g/mol. The molecule has 0 aliphatic heterocycles. The fraction of sp³-hybridized carbons (Fsp3) is 0.450. The van der Waals surface area contributed by atoms with Crippen LogP contribution in [0.1, 0.15) is 43.7 Å². The van der Waals surface area contributed by atoms with Crippen molar-refractivity contribution in [1.29, 1.82) is 0 Å². The van der Waals surface area contributed by atoms with Crippen LogP contribution in [-0.2, 0) is 13.0 Å². The number of pyridine rings is 1. The Balaban J connectivity index is 1.42. The van der Waals surface area contributed by atoms with Gasteiger partial charge in [-0.3, -0.25) is 4.40 Å². The molecule has 0 unspecified atom stereocenters. The first-order chi connectivity index (χ1) is 13.4. The van der Waals surface area contributed by atoms with E-state index < -0.39 is 0 Å². The Labute approximate surface area is 158 Å². The summed E-state index contributed by atoms with van der Waals surface area (Å²) in [6, 6.07) is 10.3. The van der Waals surface area contributed by atoms with Crippen molar-refractivity contribution in [2.75, 3.05) is 6.54 Å². The van der Waals surface area contributed by atoms with Gasteiger partial charge in [0, 0.05) is 25.2 Å². The maximum Gasteiger partial charge on any atom is 0.191 e. The predicted molar refractivity (Wildman–Crippen MR) is 105 cm³/mol. The van der Waals surface area contributed by atoms with E-state index in [1.54, 1.807) is 6.26 Å². The van der Waals surface area contributed by atoms with E-state index in [4.69, 9.17) is 9.41 Å². The fourth-order valence-electron chi connectivity index (χ4n) is 3.50. The summed E-state index contributed by atoms with van der Waals surface area (Å²) in [5.41, 5.74) is 0.843. The van der Waals surface area contributed by atoms with Crippen LogP contribution in [0.2, 0.25) is 0 Å². The van der Waals surface area contributed by atoms with E-state index in [0.29, 0.717) is 12.6 Å². The van der Waals surface area contributed by atoms with Crippen molar-refractivity contribution in [2.45, 2.75) is 51.1 Å². The first-order valence-electron chi connectivity index (χ1n) is 9.74. The van der Waals surface area contributed by atoms with Crippen LogP contribution in [0.4, 0.5) is 0 Å². The number of nitrogens with one attached hydrogen (secondary N) is 2. The smallest absolute Gasteiger partial charge is 0.191 e. The molecular formula is C20H26N6O. The molecule has 0 amide bonds. The second-order valence-electron chi connectivity index (χ2n) is 6.95. The third-order valence-corrected chi connectivity index (χ3v) is 4.95. The predicted octanol–water partition coefficient (Wildman–Crippen LogP) is 2.93. The Morgan fingerprint density at radius 2 is 2.07 bits per heavy atom. The van der Waals surface area contributed by atoms with Crippen molar-refractivity contribution in [3.8, 4) is 0 Å². The Kier molecular flexibility index (Phi) is 5.67. The third-order valence-electron chi connectivity index (χ3n) is 4.95. The highest BCUT2D eigenvalue weighted by Crippen LogP contribution is 2.17. The van der Waals surface area contributed by atoms with E-state index in [1.165, 1.54) is 32.1 Å². The van der Waals surface area contributed by atoms with Gasteiger partial charge in [-0.05, 0) is 37.1 Å². The van der Waals surface area contributed by atoms with E-state index in [-0.39, 0.29) is 0 Å². The minimum atomic E-state index is 0.480. The summed E-state index contributed by atoms with van der Waals surface area (Å²) in [5, 5.41) is 15.5. The molecule has 0 bridgehead atoms. The lowest BCUT2D eigenvalue weighted by atomic mass is 9.96. The van der Waals surface area contributed by atoms with Gasteiger partial charge in [-0.25, -0.2) is 4.99 Å². The Morgan fingerprint density at radius 3 is 2.93 bits per heavy atom. The molecule has 27 heavy (non-hydrogen) atoms. The Morgan fingerprint density at radius 1 is 1.15 bits per heavy atom. The summed E-state index contributed by atoms with van der Waals surface area (Å²) in [4.78, 5) is 4.77. The summed E-state index contributed by atoms with van der Waals surface area (Å²) >= 11 is 0. The summed E-state index contributed by atoms with van der Waals surface area (Å²) in [6.45, 7) is 1.25. The quantitative estimate of drug-likeness (QED) is 0.518. The van der Waals surface area contributed by atoms with Crippen LogP contribution < -0.4 is 10.6 Å². The molecule has 0 radical (unpaired) electrons. The van der Waals surface area contributed by atoms with Crippen molar-refractivity contribution in [3.05, 3.63) is 54.4 Å². The van der Waals surface area contributed by atoms with Gasteiger partial charge < -0.3 is 15.1 Å². The number of hydrogen-bond acceptors (Lipinski definition) is 4. The van der Waals surface area contributed by atoms with Crippen molar-refractivity contribution >= 4 is 11.6 Å². The number of nitrogens with zero attached hydrogens (tertiary/aromatic N) is 4. The molecule has 1 aliphatic rings. The third kappa shape index (κ3) is 4.67. The van der Waals surface area contributed by atoms with Gasteiger partial charge in [-0.2, -0.15) is 0 Å². The molecule has 1 aliphatic carbocycles. The number of furan rings is 1. The fourth-order valence-corrected chi connectivity index (χ4v) is 3.50. The van der Waals surface area contributed by atoms with Crippen LogP contribution in [0, 0.1) is 0 Å². The van der Waals surface area contributed by atoms with Gasteiger partial charge in [0.15, 0.2) is 17.4 Å². The van der Waals surface area contributed by atoms with Gasteiger partial charge in [0.05, 0.1) is 6.26 Å². The van der Waals surface area contributed by atoms with Gasteiger partial charge in [-0.15, -0.1) is 10.2 Å². The molecule has 0 spiro atoms. The van der Waals surface area contributed by atoms with Gasteiger partial charge in [0.2, 0.25) is 0 Å². The molecule has 7 heteroatoms. The molecule has 1 saturated carbocycles. The van der Waals surface area contributed by atoms with Crippen molar-refractivity contribution in [3.63, 3.8) is 0 Å². The largest absolute Gasteiger partial charge is 0.469 e. The normalized spacial score (nSPS) is 15.9. The van der Waals surface area contributed by atoms with Gasteiger partial charge >= 0.3 is 0 Å². The van der Waals surface area contributed by atoms with Crippen LogP contribution in [0.15, 0.2) is 52.2 Å². The van der Waals surface area contributed by atoms with Crippen molar-refractivity contribution < 1.29 is 4.42 Å². The second-order valence-corrected chi connectivity index (χ2v) is 6.95. The van der Waals surface area contributed by atoms with E-state index in [2.05, 4.69) is 20.8 Å². The molecule has 142 valence electrons. The topological polar surface area (TPSA) is 79.8 Å². The molecule has 0 saturated heterocycles. The highest BCUT2D eigenvalue weighted by Gasteiger charge is 2.15. The average molecular weight is 366 g/mol. The summed E-state index contributed by atoms with van der Waals surface area (Å²) in [7, 11) is 0. The summed E-state index contributed by atoms with van der Waals surface area (Å²) in [6.07, 6.45) is 10.8. The number of aromatic nitrogens is 3. The molecule has 0 aromatic carbocycles. The maximum atomic E-state index is 5.41. The van der Waals surface area contributed by atoms with E-state index in [1.807, 2.05) is 40.9 Å². The van der Waals surface area contributed by atoms with Crippen LogP contribution in [-0.4, -0.2) is 33.1 Å². The molecule has 2 N–H and O–H groups in total. The Bertz CT molecular complexity index is 864. The lowest BCUT2D eigenvalue weighted by Gasteiger charge is -2.25. The minimum Gasteiger partial charge on any atom is -0.469 e. The van der Waals surface area contributed by atoms with Gasteiger partial charge in [0.25, 0.3) is 0 Å². The van der Waals surface area contributed by atoms with Crippen LogP contribution in [0.3, 0.4) is 0 Å². The molecule has 3 heterocycles. The molecule has 4 rings (SSSR count). The second kappa shape index (κ2) is 8.70. The highest BCUT2D eigenvalue weighted by molar-refractivity contribution is 5.80. The molecule has 7 nitrogen and oxygen atoms in total. The summed E-state index contributed by atoms with van der Waals surface area (Å²) < 4.78 is 7.39. The van der Waals surface area contributed by atoms with Crippen LogP contribution >= 0.6 is 0 Å². The first kappa shape index (κ1) is 17.6. The molecule has 3 aromatic rings. The SMILES string of the molecule is c1coc(CCNC(=NCc2nnc3ccccn23)NC2CCCCC2)c1. The zero-order valence-electron chi connectivity index (χ0n) is 15.5. The van der Waals surface area contributed by atoms with Gasteiger partial charge in [0.1, 0.15) is 12.3 Å². The molecule has 3 aromatic heterocycles. The minimum absolute atomic E-state index is 0.480. The monoisotopic (exact) mass is 366 g/mol. The van der Waals surface area contributed by atoms with Crippen molar-refractivity contribution in [1.82, 2.24) is 25.2 Å². The number of aliphatic imine (C=N–C) groups is 1. The van der Waals surface area contributed by atoms with Crippen LogP contribution in [0.25, 0.3) is 5.65 Å². The van der Waals surface area contributed by atoms with Gasteiger partial charge in [-0.1, -0.05) is 25.3 Å². The molecule has 1 fully saturated rings. The zero-order valence-corrected chi connectivity index (χ0v) is 15.5. The lowest BCUT2D eigenvalue weighted by Crippen LogP contribution is -2.44. The van der Waals surface area contributed by atoms with Crippen molar-refractivity contribution in [2.24, 2.45) is 4.99 Å². The number of guanidine groups is 1. The summed E-state index contributed by atoms with van der Waals surface area (Å²) in [5.74, 6) is 2.64. The Hall–Kier alpha value is -2.83. The maximum absolute atomic E-state index is 5.41. The average Bonchev–Trinajstić information content (AvgIpc) is 3.37. The highest BCUT2D eigenvalue weighted by atomic mass is 16.3. The van der Waals surface area contributed by atoms with E-state index >= 15 is 0 Å². The van der Waals surface area contributed by atoms with E-state index in [0.717, 1.165) is 36.2 Å². The zero-order chi connectivity index (χ0) is 18.3. The number of hydrogen-bond donors (Lipinski definition) is 2. The van der Waals surface area contributed by atoms with Crippen LogP contribution in [0.5, 0.6) is 0 Å². The lowest BCUT2D eigenvalue weighted by molar-refractivity contribution is 0.409. The first-order valence-corrected chi connectivity index (χ1v) is 9.74. The van der Waals surface area contributed by atoms with E-state index in [9.17, 15) is 0 Å².